The first-order valence-corrected chi connectivity index (χ1v) is 7.12. The Morgan fingerprint density at radius 1 is 0.647 bits per heavy atom. The number of nitriles is 2. The van der Waals surface area contributed by atoms with E-state index in [9.17, 15) is 0 Å². The third-order valence-electron chi connectivity index (χ3n) is 4.68. The molecule has 0 heterocycles. The Balaban J connectivity index is 1.98. The van der Waals surface area contributed by atoms with E-state index in [1.807, 2.05) is 0 Å². The lowest BCUT2D eigenvalue weighted by Gasteiger charge is -2.34. The summed E-state index contributed by atoms with van der Waals surface area (Å²) in [4.78, 5) is 0. The minimum atomic E-state index is 0.140. The maximum absolute atomic E-state index is 9.12. The molecule has 0 bridgehead atoms. The SMILES string of the molecule is N#CC1CC(C#N)CC(C2CCCCCC2)C1. The molecule has 0 aromatic rings. The number of nitrogens with zero attached hydrogens (tertiary/aromatic N) is 2. The van der Waals surface area contributed by atoms with Gasteiger partial charge in [-0.2, -0.15) is 10.5 Å². The lowest BCUT2D eigenvalue weighted by Crippen LogP contribution is -2.26. The normalized spacial score (nSPS) is 35.5. The summed E-state index contributed by atoms with van der Waals surface area (Å²) in [5.41, 5.74) is 0. The predicted molar refractivity (Wildman–Crippen MR) is 66.7 cm³/mol. The summed E-state index contributed by atoms with van der Waals surface area (Å²) in [6, 6.07) is 4.80. The first-order chi connectivity index (χ1) is 8.33. The summed E-state index contributed by atoms with van der Waals surface area (Å²) in [6.07, 6.45) is 11.1. The molecule has 2 unspecified atom stereocenters. The monoisotopic (exact) mass is 230 g/mol. The highest BCUT2D eigenvalue weighted by atomic mass is 14.4. The van der Waals surface area contributed by atoms with Crippen LogP contribution in [0.5, 0.6) is 0 Å². The highest BCUT2D eigenvalue weighted by molar-refractivity contribution is 4.98. The zero-order valence-corrected chi connectivity index (χ0v) is 10.6. The molecule has 0 aromatic carbocycles. The lowest BCUT2D eigenvalue weighted by atomic mass is 9.69. The minimum absolute atomic E-state index is 0.140. The summed E-state index contributed by atoms with van der Waals surface area (Å²) in [5.74, 6) is 1.73. The molecule has 0 aliphatic heterocycles. The van der Waals surface area contributed by atoms with E-state index in [1.54, 1.807) is 0 Å². The smallest absolute Gasteiger partial charge is 0.0656 e. The quantitative estimate of drug-likeness (QED) is 0.638. The number of hydrogen-bond acceptors (Lipinski definition) is 2. The average Bonchev–Trinajstić information content (AvgIpc) is 2.67. The summed E-state index contributed by atoms with van der Waals surface area (Å²) in [5, 5.41) is 18.2. The van der Waals surface area contributed by atoms with Gasteiger partial charge < -0.3 is 0 Å². The van der Waals surface area contributed by atoms with Crippen LogP contribution in [0.2, 0.25) is 0 Å². The van der Waals surface area contributed by atoms with Crippen LogP contribution in [0.15, 0.2) is 0 Å². The molecule has 17 heavy (non-hydrogen) atoms. The maximum atomic E-state index is 9.12. The fourth-order valence-corrected chi connectivity index (χ4v) is 3.74. The van der Waals surface area contributed by atoms with Gasteiger partial charge >= 0.3 is 0 Å². The van der Waals surface area contributed by atoms with Gasteiger partial charge in [-0.3, -0.25) is 0 Å². The maximum Gasteiger partial charge on any atom is 0.0656 e. The number of rotatable bonds is 1. The second-order valence-electron chi connectivity index (χ2n) is 5.87. The van der Waals surface area contributed by atoms with E-state index in [2.05, 4.69) is 12.1 Å². The molecule has 2 aliphatic rings. The van der Waals surface area contributed by atoms with Crippen LogP contribution in [0.1, 0.15) is 57.8 Å². The largest absolute Gasteiger partial charge is 0.198 e. The van der Waals surface area contributed by atoms with Crippen molar-refractivity contribution in [3.05, 3.63) is 0 Å². The van der Waals surface area contributed by atoms with Crippen LogP contribution in [-0.2, 0) is 0 Å². The van der Waals surface area contributed by atoms with E-state index in [0.29, 0.717) is 5.92 Å². The van der Waals surface area contributed by atoms with Gasteiger partial charge in [-0.25, -0.2) is 0 Å². The fourth-order valence-electron chi connectivity index (χ4n) is 3.74. The van der Waals surface area contributed by atoms with Gasteiger partial charge in [0.1, 0.15) is 0 Å². The van der Waals surface area contributed by atoms with Crippen molar-refractivity contribution in [2.24, 2.45) is 23.7 Å². The summed E-state index contributed by atoms with van der Waals surface area (Å²) >= 11 is 0. The van der Waals surface area contributed by atoms with E-state index in [0.717, 1.165) is 25.2 Å². The molecule has 0 aromatic heterocycles. The molecule has 0 spiro atoms. The molecule has 92 valence electrons. The first-order valence-electron chi connectivity index (χ1n) is 7.12. The van der Waals surface area contributed by atoms with Crippen molar-refractivity contribution in [2.45, 2.75) is 57.8 Å². The van der Waals surface area contributed by atoms with Crippen molar-refractivity contribution in [2.75, 3.05) is 0 Å². The highest BCUT2D eigenvalue weighted by Gasteiger charge is 2.33. The Kier molecular flexibility index (Phi) is 4.43. The van der Waals surface area contributed by atoms with E-state index in [-0.39, 0.29) is 11.8 Å². The van der Waals surface area contributed by atoms with Crippen molar-refractivity contribution >= 4 is 0 Å². The molecule has 2 saturated carbocycles. The summed E-state index contributed by atoms with van der Waals surface area (Å²) in [7, 11) is 0. The standard InChI is InChI=1S/C15H22N2/c16-10-12-7-13(11-17)9-15(8-12)14-5-3-1-2-4-6-14/h12-15H,1-9H2. The average molecular weight is 230 g/mol. The van der Waals surface area contributed by atoms with E-state index < -0.39 is 0 Å². The third-order valence-corrected chi connectivity index (χ3v) is 4.68. The Morgan fingerprint density at radius 3 is 1.65 bits per heavy atom. The van der Waals surface area contributed by atoms with Gasteiger partial charge in [-0.1, -0.05) is 38.5 Å². The lowest BCUT2D eigenvalue weighted by molar-refractivity contribution is 0.177. The van der Waals surface area contributed by atoms with Gasteiger partial charge in [-0.15, -0.1) is 0 Å². The molecule has 2 atom stereocenters. The second-order valence-corrected chi connectivity index (χ2v) is 5.87. The fraction of sp³-hybridized carbons (Fsp3) is 0.867. The van der Waals surface area contributed by atoms with Crippen LogP contribution in [0, 0.1) is 46.3 Å². The van der Waals surface area contributed by atoms with Crippen molar-refractivity contribution in [3.8, 4) is 12.1 Å². The van der Waals surface area contributed by atoms with E-state index >= 15 is 0 Å². The summed E-state index contributed by atoms with van der Waals surface area (Å²) < 4.78 is 0. The zero-order valence-electron chi connectivity index (χ0n) is 10.6. The van der Waals surface area contributed by atoms with Gasteiger partial charge in [0.2, 0.25) is 0 Å². The molecule has 2 heteroatoms. The number of hydrogen-bond donors (Lipinski definition) is 0. The minimum Gasteiger partial charge on any atom is -0.198 e. The van der Waals surface area contributed by atoms with Gasteiger partial charge in [0.05, 0.1) is 12.1 Å². The molecule has 0 amide bonds. The Morgan fingerprint density at radius 2 is 1.18 bits per heavy atom. The van der Waals surface area contributed by atoms with Crippen LogP contribution in [0.4, 0.5) is 0 Å². The van der Waals surface area contributed by atoms with E-state index in [1.165, 1.54) is 38.5 Å². The van der Waals surface area contributed by atoms with E-state index in [4.69, 9.17) is 10.5 Å². The molecule has 2 aliphatic carbocycles. The van der Waals surface area contributed by atoms with Crippen molar-refractivity contribution in [3.63, 3.8) is 0 Å². The topological polar surface area (TPSA) is 47.6 Å². The van der Waals surface area contributed by atoms with Gasteiger partial charge in [0.15, 0.2) is 0 Å². The molecule has 2 nitrogen and oxygen atoms in total. The molecular weight excluding hydrogens is 208 g/mol. The molecule has 0 saturated heterocycles. The molecule has 2 rings (SSSR count). The van der Waals surface area contributed by atoms with Gasteiger partial charge in [0.25, 0.3) is 0 Å². The van der Waals surface area contributed by atoms with Gasteiger partial charge in [0, 0.05) is 11.8 Å². The van der Waals surface area contributed by atoms with Gasteiger partial charge in [-0.05, 0) is 31.1 Å². The van der Waals surface area contributed by atoms with Crippen LogP contribution in [0.3, 0.4) is 0 Å². The van der Waals surface area contributed by atoms with Crippen molar-refractivity contribution in [1.29, 1.82) is 10.5 Å². The van der Waals surface area contributed by atoms with Crippen LogP contribution >= 0.6 is 0 Å². The Labute approximate surface area is 105 Å². The third kappa shape index (κ3) is 3.22. The zero-order chi connectivity index (χ0) is 12.1. The molecule has 2 fully saturated rings. The molecule has 0 radical (unpaired) electrons. The second kappa shape index (κ2) is 6.06. The Hall–Kier alpha value is -1.02. The molecule has 0 N–H and O–H groups in total. The van der Waals surface area contributed by atoms with Crippen molar-refractivity contribution < 1.29 is 0 Å². The van der Waals surface area contributed by atoms with Crippen LogP contribution < -0.4 is 0 Å². The first kappa shape index (κ1) is 12.4. The van der Waals surface area contributed by atoms with Crippen molar-refractivity contribution in [1.82, 2.24) is 0 Å². The predicted octanol–water partition coefficient (Wildman–Crippen LogP) is 4.04. The highest BCUT2D eigenvalue weighted by Crippen LogP contribution is 2.41. The van der Waals surface area contributed by atoms with Crippen LogP contribution in [-0.4, -0.2) is 0 Å². The Bertz CT molecular complexity index is 293. The molecular formula is C15H22N2. The van der Waals surface area contributed by atoms with Crippen LogP contribution in [0.25, 0.3) is 0 Å². The summed E-state index contributed by atoms with van der Waals surface area (Å²) in [6.45, 7) is 0.